The van der Waals surface area contributed by atoms with Crippen LogP contribution in [0.3, 0.4) is 0 Å². The highest BCUT2D eigenvalue weighted by Gasteiger charge is 2.20. The van der Waals surface area contributed by atoms with E-state index in [-0.39, 0.29) is 0 Å². The molecule has 44 heavy (non-hydrogen) atoms. The second-order valence-electron chi connectivity index (χ2n) is 11.2. The minimum Gasteiger partial charge on any atom is -0.309 e. The first-order valence-electron chi connectivity index (χ1n) is 15.0. The number of pyridine rings is 1. The largest absolute Gasteiger partial charge is 0.309 e. The first-order chi connectivity index (χ1) is 21.9. The molecule has 9 rings (SSSR count). The van der Waals surface area contributed by atoms with E-state index < -0.39 is 0 Å². The van der Waals surface area contributed by atoms with E-state index in [1.54, 1.807) is 0 Å². The molecule has 0 bridgehead atoms. The normalized spacial score (nSPS) is 11.6. The van der Waals surface area contributed by atoms with Crippen molar-refractivity contribution in [3.05, 3.63) is 164 Å². The summed E-state index contributed by atoms with van der Waals surface area (Å²) in [6.07, 6.45) is 3.90. The second kappa shape index (κ2) is 9.82. The SMILES string of the molecule is c1ccc(-c2ccc(-n3c4ccccc4c4cccc(-c5cccc6c5c5cnccc5n6-c5ccccc5)c43)cc2)cc1. The van der Waals surface area contributed by atoms with Crippen molar-refractivity contribution in [2.24, 2.45) is 0 Å². The van der Waals surface area contributed by atoms with E-state index >= 15 is 0 Å². The predicted molar refractivity (Wildman–Crippen MR) is 184 cm³/mol. The molecule has 0 fully saturated rings. The zero-order chi connectivity index (χ0) is 29.0. The number of hydrogen-bond donors (Lipinski definition) is 0. The van der Waals surface area contributed by atoms with E-state index in [2.05, 4.69) is 166 Å². The van der Waals surface area contributed by atoms with Gasteiger partial charge in [-0.15, -0.1) is 0 Å². The third kappa shape index (κ3) is 3.66. The number of hydrogen-bond acceptors (Lipinski definition) is 1. The second-order valence-corrected chi connectivity index (χ2v) is 11.2. The molecule has 3 heterocycles. The van der Waals surface area contributed by atoms with Gasteiger partial charge in [-0.1, -0.05) is 109 Å². The molecule has 0 aliphatic carbocycles. The highest BCUT2D eigenvalue weighted by molar-refractivity contribution is 6.20. The number of rotatable bonds is 4. The first-order valence-corrected chi connectivity index (χ1v) is 15.0. The molecular formula is C41H27N3. The van der Waals surface area contributed by atoms with Crippen LogP contribution in [0.2, 0.25) is 0 Å². The van der Waals surface area contributed by atoms with E-state index in [1.807, 2.05) is 12.4 Å². The third-order valence-electron chi connectivity index (χ3n) is 8.82. The van der Waals surface area contributed by atoms with Crippen LogP contribution in [0.4, 0.5) is 0 Å². The summed E-state index contributed by atoms with van der Waals surface area (Å²) in [5, 5.41) is 4.85. The maximum absolute atomic E-state index is 4.58. The molecule has 0 unspecified atom stereocenters. The van der Waals surface area contributed by atoms with Crippen molar-refractivity contribution in [3.8, 4) is 33.6 Å². The standard InChI is InChI=1S/C41H27N3/c1-3-11-28(12-4-1)29-21-23-31(24-22-29)44-37-19-8-7-15-32(37)34-17-9-18-35(41(34)44)33-16-10-20-39-40(33)36-27-42-26-25-38(36)43(39)30-13-5-2-6-14-30/h1-27H. The molecule has 0 saturated carbocycles. The average molecular weight is 562 g/mol. The van der Waals surface area contributed by atoms with Crippen LogP contribution in [0.1, 0.15) is 0 Å². The van der Waals surface area contributed by atoms with Crippen molar-refractivity contribution in [3.63, 3.8) is 0 Å². The Balaban J connectivity index is 1.36. The van der Waals surface area contributed by atoms with Gasteiger partial charge in [-0.05, 0) is 59.2 Å². The van der Waals surface area contributed by atoms with Crippen molar-refractivity contribution in [1.82, 2.24) is 14.1 Å². The smallest absolute Gasteiger partial charge is 0.0619 e. The van der Waals surface area contributed by atoms with Crippen molar-refractivity contribution >= 4 is 43.6 Å². The van der Waals surface area contributed by atoms with Crippen LogP contribution in [0.15, 0.2) is 164 Å². The Morgan fingerprint density at radius 3 is 1.84 bits per heavy atom. The minimum atomic E-state index is 1.14. The molecular weight excluding hydrogens is 534 g/mol. The highest BCUT2D eigenvalue weighted by atomic mass is 15.0. The van der Waals surface area contributed by atoms with E-state index in [0.29, 0.717) is 0 Å². The van der Waals surface area contributed by atoms with E-state index in [1.165, 1.54) is 55.0 Å². The number of aromatic nitrogens is 3. The van der Waals surface area contributed by atoms with Crippen LogP contribution in [-0.2, 0) is 0 Å². The Bertz CT molecular complexity index is 2470. The fourth-order valence-corrected chi connectivity index (χ4v) is 6.93. The summed E-state index contributed by atoms with van der Waals surface area (Å²) in [5.74, 6) is 0. The van der Waals surface area contributed by atoms with Gasteiger partial charge in [0.1, 0.15) is 0 Å². The van der Waals surface area contributed by atoms with E-state index in [4.69, 9.17) is 0 Å². The number of fused-ring (bicyclic) bond motifs is 6. The topological polar surface area (TPSA) is 22.8 Å². The van der Waals surface area contributed by atoms with Gasteiger partial charge in [0.25, 0.3) is 0 Å². The number of nitrogens with zero attached hydrogens (tertiary/aromatic N) is 3. The Morgan fingerprint density at radius 2 is 1.00 bits per heavy atom. The van der Waals surface area contributed by atoms with Gasteiger partial charge in [0, 0.05) is 50.9 Å². The molecule has 0 saturated heterocycles. The number of benzene rings is 6. The van der Waals surface area contributed by atoms with Crippen LogP contribution in [-0.4, -0.2) is 14.1 Å². The van der Waals surface area contributed by atoms with Gasteiger partial charge in [0.15, 0.2) is 0 Å². The minimum absolute atomic E-state index is 1.14. The van der Waals surface area contributed by atoms with Gasteiger partial charge in [-0.3, -0.25) is 4.98 Å². The zero-order valence-electron chi connectivity index (χ0n) is 23.9. The molecule has 3 heteroatoms. The maximum Gasteiger partial charge on any atom is 0.0619 e. The lowest BCUT2D eigenvalue weighted by Crippen LogP contribution is -1.96. The Hall–Kier alpha value is -5.93. The third-order valence-corrected chi connectivity index (χ3v) is 8.82. The fourth-order valence-electron chi connectivity index (χ4n) is 6.93. The van der Waals surface area contributed by atoms with Crippen LogP contribution < -0.4 is 0 Å². The molecule has 3 aromatic heterocycles. The van der Waals surface area contributed by atoms with E-state index in [0.717, 1.165) is 22.3 Å². The summed E-state index contributed by atoms with van der Waals surface area (Å²) >= 11 is 0. The molecule has 0 aliphatic heterocycles. The maximum atomic E-state index is 4.58. The summed E-state index contributed by atoms with van der Waals surface area (Å²) in [5.41, 5.74) is 11.8. The van der Waals surface area contributed by atoms with Gasteiger partial charge in [0.2, 0.25) is 0 Å². The van der Waals surface area contributed by atoms with Gasteiger partial charge in [0.05, 0.1) is 22.1 Å². The molecule has 0 spiro atoms. The molecule has 0 radical (unpaired) electrons. The quantitative estimate of drug-likeness (QED) is 0.210. The molecule has 0 amide bonds. The van der Waals surface area contributed by atoms with Crippen molar-refractivity contribution in [1.29, 1.82) is 0 Å². The average Bonchev–Trinajstić information content (AvgIpc) is 3.62. The lowest BCUT2D eigenvalue weighted by molar-refractivity contribution is 1.17. The molecule has 3 nitrogen and oxygen atoms in total. The molecule has 0 atom stereocenters. The van der Waals surface area contributed by atoms with E-state index in [9.17, 15) is 0 Å². The highest BCUT2D eigenvalue weighted by Crippen LogP contribution is 2.43. The summed E-state index contributed by atoms with van der Waals surface area (Å²) in [4.78, 5) is 4.58. The summed E-state index contributed by atoms with van der Waals surface area (Å²) in [7, 11) is 0. The molecule has 206 valence electrons. The summed E-state index contributed by atoms with van der Waals surface area (Å²) in [6, 6.07) is 54.4. The molecule has 0 aliphatic rings. The van der Waals surface area contributed by atoms with Crippen molar-refractivity contribution in [2.45, 2.75) is 0 Å². The molecule has 9 aromatic rings. The van der Waals surface area contributed by atoms with Crippen LogP contribution >= 0.6 is 0 Å². The van der Waals surface area contributed by atoms with Gasteiger partial charge in [-0.2, -0.15) is 0 Å². The van der Waals surface area contributed by atoms with Crippen LogP contribution in [0, 0.1) is 0 Å². The Labute approximate surface area is 254 Å². The fraction of sp³-hybridized carbons (Fsp3) is 0. The summed E-state index contributed by atoms with van der Waals surface area (Å²) < 4.78 is 4.79. The predicted octanol–water partition coefficient (Wildman–Crippen LogP) is 10.6. The van der Waals surface area contributed by atoms with Crippen LogP contribution in [0.25, 0.3) is 77.2 Å². The monoisotopic (exact) mass is 561 g/mol. The lowest BCUT2D eigenvalue weighted by atomic mass is 9.97. The Morgan fingerprint density at radius 1 is 0.386 bits per heavy atom. The number of para-hydroxylation sites is 3. The van der Waals surface area contributed by atoms with Gasteiger partial charge in [-0.25, -0.2) is 0 Å². The Kier molecular flexibility index (Phi) is 5.50. The van der Waals surface area contributed by atoms with Crippen molar-refractivity contribution < 1.29 is 0 Å². The van der Waals surface area contributed by atoms with Gasteiger partial charge < -0.3 is 9.13 Å². The van der Waals surface area contributed by atoms with Gasteiger partial charge >= 0.3 is 0 Å². The molecule has 6 aromatic carbocycles. The lowest BCUT2D eigenvalue weighted by Gasteiger charge is -2.14. The van der Waals surface area contributed by atoms with Crippen LogP contribution in [0.5, 0.6) is 0 Å². The van der Waals surface area contributed by atoms with Crippen molar-refractivity contribution in [2.75, 3.05) is 0 Å². The summed E-state index contributed by atoms with van der Waals surface area (Å²) in [6.45, 7) is 0. The first kappa shape index (κ1) is 24.6. The molecule has 0 N–H and O–H groups in total. The zero-order valence-corrected chi connectivity index (χ0v) is 23.9.